The maximum absolute atomic E-state index is 12.3. The van der Waals surface area contributed by atoms with E-state index in [2.05, 4.69) is 35.4 Å². The van der Waals surface area contributed by atoms with E-state index >= 15 is 0 Å². The zero-order valence-corrected chi connectivity index (χ0v) is 12.3. The Hall–Kier alpha value is -2.49. The van der Waals surface area contributed by atoms with Crippen LogP contribution in [0.4, 0.5) is 0 Å². The number of carbonyl (C=O) groups is 1. The van der Waals surface area contributed by atoms with E-state index in [9.17, 15) is 4.79 Å². The lowest BCUT2D eigenvalue weighted by Gasteiger charge is -2.31. The van der Waals surface area contributed by atoms with Crippen LogP contribution in [-0.4, -0.2) is 28.9 Å². The van der Waals surface area contributed by atoms with E-state index in [4.69, 9.17) is 4.42 Å². The third kappa shape index (κ3) is 2.21. The normalized spacial score (nSPS) is 16.3. The van der Waals surface area contributed by atoms with Crippen molar-refractivity contribution in [2.75, 3.05) is 13.1 Å². The number of fused-ring (bicyclic) bond motifs is 1. The first-order valence-electron chi connectivity index (χ1n) is 7.70. The molecule has 0 unspecified atom stereocenters. The Bertz CT molecular complexity index is 780. The number of carbonyl (C=O) groups excluding carboxylic acids is 1. The average Bonchev–Trinajstić information content (AvgIpc) is 3.24. The molecule has 3 aromatic rings. The fraction of sp³-hybridized carbons (Fsp3) is 0.278. The fourth-order valence-corrected chi connectivity index (χ4v) is 3.39. The molecule has 0 atom stereocenters. The molecular formula is C18H18N2O2. The van der Waals surface area contributed by atoms with Crippen molar-refractivity contribution >= 4 is 16.8 Å². The number of hydrogen-bond acceptors (Lipinski definition) is 2. The number of benzene rings is 1. The molecule has 1 aliphatic rings. The average molecular weight is 294 g/mol. The van der Waals surface area contributed by atoms with Crippen LogP contribution in [0.5, 0.6) is 0 Å². The van der Waals surface area contributed by atoms with Gasteiger partial charge in [-0.15, -0.1) is 0 Å². The number of nitrogens with zero attached hydrogens (tertiary/aromatic N) is 1. The van der Waals surface area contributed by atoms with Gasteiger partial charge in [-0.2, -0.15) is 0 Å². The first-order chi connectivity index (χ1) is 10.8. The molecule has 0 bridgehead atoms. The third-order valence-electron chi connectivity index (χ3n) is 4.61. The van der Waals surface area contributed by atoms with Crippen LogP contribution in [0.25, 0.3) is 10.9 Å². The zero-order valence-electron chi connectivity index (χ0n) is 12.3. The van der Waals surface area contributed by atoms with Gasteiger partial charge in [0, 0.05) is 30.2 Å². The molecule has 4 rings (SSSR count). The van der Waals surface area contributed by atoms with Crippen molar-refractivity contribution in [2.45, 2.75) is 18.8 Å². The number of piperidine rings is 1. The van der Waals surface area contributed by atoms with Gasteiger partial charge in [0.15, 0.2) is 0 Å². The summed E-state index contributed by atoms with van der Waals surface area (Å²) >= 11 is 0. The summed E-state index contributed by atoms with van der Waals surface area (Å²) in [5.41, 5.74) is 3.21. The lowest BCUT2D eigenvalue weighted by Crippen LogP contribution is -2.37. The van der Waals surface area contributed by atoms with Gasteiger partial charge >= 0.3 is 0 Å². The van der Waals surface area contributed by atoms with E-state index in [-0.39, 0.29) is 5.91 Å². The summed E-state index contributed by atoms with van der Waals surface area (Å²) in [4.78, 5) is 17.6. The number of aromatic nitrogens is 1. The number of nitrogens with one attached hydrogen (secondary N) is 1. The first kappa shape index (κ1) is 13.2. The monoisotopic (exact) mass is 294 g/mol. The van der Waals surface area contributed by atoms with Gasteiger partial charge in [0.05, 0.1) is 11.8 Å². The summed E-state index contributed by atoms with van der Waals surface area (Å²) in [6, 6.07) is 10.1. The Labute approximate surface area is 128 Å². The van der Waals surface area contributed by atoms with Crippen LogP contribution in [0, 0.1) is 0 Å². The third-order valence-corrected chi connectivity index (χ3v) is 4.61. The van der Waals surface area contributed by atoms with Crippen molar-refractivity contribution in [3.8, 4) is 0 Å². The molecule has 0 aliphatic carbocycles. The van der Waals surface area contributed by atoms with Crippen LogP contribution in [-0.2, 0) is 0 Å². The van der Waals surface area contributed by atoms with E-state index in [0.29, 0.717) is 11.5 Å². The molecule has 1 aliphatic heterocycles. The highest BCUT2D eigenvalue weighted by atomic mass is 16.3. The van der Waals surface area contributed by atoms with Crippen LogP contribution in [0.1, 0.15) is 34.7 Å². The van der Waals surface area contributed by atoms with Crippen molar-refractivity contribution in [3.05, 3.63) is 60.2 Å². The molecule has 0 spiro atoms. The second-order valence-electron chi connectivity index (χ2n) is 5.87. The van der Waals surface area contributed by atoms with Gasteiger partial charge in [0.25, 0.3) is 5.91 Å². The molecule has 0 saturated carbocycles. The molecule has 1 amide bonds. The molecule has 22 heavy (non-hydrogen) atoms. The quantitative estimate of drug-likeness (QED) is 0.782. The largest absolute Gasteiger partial charge is 0.472 e. The first-order valence-corrected chi connectivity index (χ1v) is 7.70. The molecule has 1 fully saturated rings. The number of furan rings is 1. The number of likely N-dealkylation sites (tertiary alicyclic amines) is 1. The summed E-state index contributed by atoms with van der Waals surface area (Å²) in [6.07, 6.45) is 7.21. The van der Waals surface area contributed by atoms with E-state index in [1.807, 2.05) is 4.90 Å². The molecule has 4 heteroatoms. The number of para-hydroxylation sites is 1. The molecule has 112 valence electrons. The van der Waals surface area contributed by atoms with E-state index in [0.717, 1.165) is 25.9 Å². The van der Waals surface area contributed by atoms with Crippen LogP contribution >= 0.6 is 0 Å². The molecule has 0 radical (unpaired) electrons. The highest BCUT2D eigenvalue weighted by molar-refractivity contribution is 5.94. The van der Waals surface area contributed by atoms with E-state index < -0.39 is 0 Å². The summed E-state index contributed by atoms with van der Waals surface area (Å²) < 4.78 is 5.00. The molecule has 1 aromatic carbocycles. The Kier molecular flexibility index (Phi) is 3.22. The topological polar surface area (TPSA) is 49.2 Å². The SMILES string of the molecule is O=C(c1ccoc1)N1CCC(c2c[nH]c3ccccc23)CC1. The number of amides is 1. The predicted octanol–water partition coefficient (Wildman–Crippen LogP) is 3.78. The number of H-pyrrole nitrogens is 1. The molecule has 4 nitrogen and oxygen atoms in total. The summed E-state index contributed by atoms with van der Waals surface area (Å²) in [5.74, 6) is 0.593. The van der Waals surface area contributed by atoms with Crippen LogP contribution in [0.15, 0.2) is 53.5 Å². The lowest BCUT2D eigenvalue weighted by atomic mass is 9.89. The molecule has 2 aromatic heterocycles. The lowest BCUT2D eigenvalue weighted by molar-refractivity contribution is 0.0712. The minimum absolute atomic E-state index is 0.0751. The summed E-state index contributed by atoms with van der Waals surface area (Å²) in [7, 11) is 0. The van der Waals surface area contributed by atoms with Gasteiger partial charge in [0.1, 0.15) is 6.26 Å². The zero-order chi connectivity index (χ0) is 14.9. The predicted molar refractivity (Wildman–Crippen MR) is 84.9 cm³/mol. The Morgan fingerprint density at radius 2 is 2.00 bits per heavy atom. The van der Waals surface area contributed by atoms with Gasteiger partial charge < -0.3 is 14.3 Å². The summed E-state index contributed by atoms with van der Waals surface area (Å²) in [6.45, 7) is 1.60. The molecule has 1 N–H and O–H groups in total. The molecule has 1 saturated heterocycles. The second-order valence-corrected chi connectivity index (χ2v) is 5.87. The number of rotatable bonds is 2. The Morgan fingerprint density at radius 1 is 1.18 bits per heavy atom. The van der Waals surface area contributed by atoms with Crippen LogP contribution in [0.3, 0.4) is 0 Å². The van der Waals surface area contributed by atoms with Crippen LogP contribution < -0.4 is 0 Å². The minimum Gasteiger partial charge on any atom is -0.472 e. The standard InChI is InChI=1S/C18H18N2O2/c21-18(14-7-10-22-12-14)20-8-5-13(6-9-20)16-11-19-17-4-2-1-3-15(16)17/h1-4,7,10-13,19H,5-6,8-9H2. The molecule has 3 heterocycles. The van der Waals surface area contributed by atoms with Crippen molar-refractivity contribution in [1.82, 2.24) is 9.88 Å². The van der Waals surface area contributed by atoms with Crippen molar-refractivity contribution in [3.63, 3.8) is 0 Å². The Balaban J connectivity index is 1.49. The highest BCUT2D eigenvalue weighted by Gasteiger charge is 2.26. The van der Waals surface area contributed by atoms with Gasteiger partial charge in [0.2, 0.25) is 0 Å². The highest BCUT2D eigenvalue weighted by Crippen LogP contribution is 2.33. The van der Waals surface area contributed by atoms with Crippen molar-refractivity contribution in [1.29, 1.82) is 0 Å². The summed E-state index contributed by atoms with van der Waals surface area (Å²) in [5, 5.41) is 1.31. The maximum Gasteiger partial charge on any atom is 0.257 e. The second kappa shape index (κ2) is 5.37. The Morgan fingerprint density at radius 3 is 2.77 bits per heavy atom. The smallest absolute Gasteiger partial charge is 0.257 e. The van der Waals surface area contributed by atoms with Gasteiger partial charge in [-0.05, 0) is 36.5 Å². The van der Waals surface area contributed by atoms with Gasteiger partial charge in [-0.3, -0.25) is 4.79 Å². The van der Waals surface area contributed by atoms with Crippen LogP contribution in [0.2, 0.25) is 0 Å². The molecular weight excluding hydrogens is 276 g/mol. The van der Waals surface area contributed by atoms with Gasteiger partial charge in [-0.1, -0.05) is 18.2 Å². The number of hydrogen-bond donors (Lipinski definition) is 1. The minimum atomic E-state index is 0.0751. The van der Waals surface area contributed by atoms with Gasteiger partial charge in [-0.25, -0.2) is 0 Å². The van der Waals surface area contributed by atoms with E-state index in [1.165, 1.54) is 22.7 Å². The van der Waals surface area contributed by atoms with Crippen molar-refractivity contribution < 1.29 is 9.21 Å². The van der Waals surface area contributed by atoms with E-state index in [1.54, 1.807) is 12.3 Å². The fourth-order valence-electron chi connectivity index (χ4n) is 3.39. The maximum atomic E-state index is 12.3. The number of aromatic amines is 1. The van der Waals surface area contributed by atoms with Crippen molar-refractivity contribution in [2.24, 2.45) is 0 Å².